The largest absolute Gasteiger partial charge is 0.416 e. The zero-order valence-electron chi connectivity index (χ0n) is 12.5. The molecule has 0 bridgehead atoms. The second kappa shape index (κ2) is 6.77. The van der Waals surface area contributed by atoms with Gasteiger partial charge in [-0.2, -0.15) is 13.2 Å². The summed E-state index contributed by atoms with van der Waals surface area (Å²) in [4.78, 5) is 12.5. The summed E-state index contributed by atoms with van der Waals surface area (Å²) in [5.41, 5.74) is -0.0295. The molecule has 0 fully saturated rings. The van der Waals surface area contributed by atoms with Gasteiger partial charge in [0.15, 0.2) is 5.78 Å². The summed E-state index contributed by atoms with van der Waals surface area (Å²) in [5.74, 6) is -0.0814. The maximum atomic E-state index is 12.9. The number of alkyl halides is 3. The van der Waals surface area contributed by atoms with Crippen LogP contribution in [0.15, 0.2) is 29.3 Å². The molecule has 1 aromatic rings. The monoisotopic (exact) mass is 329 g/mol. The molecule has 1 heterocycles. The third-order valence-corrected chi connectivity index (χ3v) is 4.93. The van der Waals surface area contributed by atoms with Crippen molar-refractivity contribution in [3.05, 3.63) is 40.4 Å². The van der Waals surface area contributed by atoms with Gasteiger partial charge in [0.25, 0.3) is 0 Å². The van der Waals surface area contributed by atoms with Crippen LogP contribution in [-0.2, 0) is 11.0 Å². The highest BCUT2D eigenvalue weighted by Crippen LogP contribution is 2.41. The van der Waals surface area contributed by atoms with Gasteiger partial charge in [0, 0.05) is 7.05 Å². The second-order valence-corrected chi connectivity index (χ2v) is 6.36. The summed E-state index contributed by atoms with van der Waals surface area (Å²) in [6.07, 6.45) is -1.76. The van der Waals surface area contributed by atoms with Crippen LogP contribution in [-0.4, -0.2) is 18.1 Å². The molecule has 22 heavy (non-hydrogen) atoms. The lowest BCUT2D eigenvalue weighted by molar-refractivity contribution is -0.137. The predicted octanol–water partition coefficient (Wildman–Crippen LogP) is 4.47. The van der Waals surface area contributed by atoms with Crippen molar-refractivity contribution in [2.45, 2.75) is 37.6 Å². The van der Waals surface area contributed by atoms with Gasteiger partial charge in [-0.25, -0.2) is 0 Å². The first-order valence-electron chi connectivity index (χ1n) is 7.19. The fourth-order valence-electron chi connectivity index (χ4n) is 2.42. The van der Waals surface area contributed by atoms with Gasteiger partial charge in [-0.05, 0) is 24.1 Å². The first kappa shape index (κ1) is 16.9. The van der Waals surface area contributed by atoms with Crippen LogP contribution in [0.25, 0.3) is 5.57 Å². The first-order valence-corrected chi connectivity index (χ1v) is 8.07. The second-order valence-electron chi connectivity index (χ2n) is 5.15. The van der Waals surface area contributed by atoms with Crippen molar-refractivity contribution < 1.29 is 18.0 Å². The molecule has 1 aromatic carbocycles. The van der Waals surface area contributed by atoms with E-state index in [1.165, 1.54) is 17.8 Å². The van der Waals surface area contributed by atoms with Gasteiger partial charge in [0.05, 0.1) is 21.4 Å². The molecule has 1 unspecified atom stereocenters. The quantitative estimate of drug-likeness (QED) is 0.864. The number of nitrogens with one attached hydrogen (secondary N) is 1. The van der Waals surface area contributed by atoms with Crippen LogP contribution >= 0.6 is 11.8 Å². The van der Waals surface area contributed by atoms with Crippen LogP contribution in [0.1, 0.15) is 37.3 Å². The summed E-state index contributed by atoms with van der Waals surface area (Å²) in [7, 11) is 1.69. The molecule has 1 atom stereocenters. The predicted molar refractivity (Wildman–Crippen MR) is 83.3 cm³/mol. The highest BCUT2D eigenvalue weighted by atomic mass is 32.2. The molecule has 0 aromatic heterocycles. The van der Waals surface area contributed by atoms with Crippen LogP contribution < -0.4 is 5.32 Å². The number of hydrogen-bond acceptors (Lipinski definition) is 3. The molecule has 0 aliphatic carbocycles. The van der Waals surface area contributed by atoms with E-state index in [2.05, 4.69) is 5.32 Å². The zero-order valence-corrected chi connectivity index (χ0v) is 13.3. The van der Waals surface area contributed by atoms with Gasteiger partial charge < -0.3 is 5.32 Å². The van der Waals surface area contributed by atoms with E-state index in [-0.39, 0.29) is 11.0 Å². The highest BCUT2D eigenvalue weighted by Gasteiger charge is 2.36. The molecule has 0 radical (unpaired) electrons. The standard InChI is InChI=1S/C16H18F3NOS/c1-3-4-8-12-14(21)13(15(20-2)22-12)10-6-5-7-11(9-10)16(17,18)19/h5-7,9,12,20H,3-4,8H2,1-2H3. The number of unbranched alkanes of at least 4 members (excludes halogenated alkanes) is 1. The topological polar surface area (TPSA) is 29.1 Å². The van der Waals surface area contributed by atoms with Crippen molar-refractivity contribution in [2.75, 3.05) is 7.05 Å². The molecule has 120 valence electrons. The Kier molecular flexibility index (Phi) is 5.21. The maximum absolute atomic E-state index is 12.9. The average Bonchev–Trinajstić information content (AvgIpc) is 2.80. The molecule has 1 aliphatic rings. The molecule has 1 N–H and O–H groups in total. The minimum atomic E-state index is -4.41. The Balaban J connectivity index is 2.35. The van der Waals surface area contributed by atoms with Crippen LogP contribution in [0, 0.1) is 0 Å². The van der Waals surface area contributed by atoms with Crippen LogP contribution in [0.2, 0.25) is 0 Å². The molecular formula is C16H18F3NOS. The lowest BCUT2D eigenvalue weighted by Crippen LogP contribution is -2.14. The fourth-order valence-corrected chi connectivity index (χ4v) is 3.66. The van der Waals surface area contributed by atoms with Crippen molar-refractivity contribution in [3.63, 3.8) is 0 Å². The van der Waals surface area contributed by atoms with E-state index in [0.717, 1.165) is 31.4 Å². The lowest BCUT2D eigenvalue weighted by Gasteiger charge is -2.10. The van der Waals surface area contributed by atoms with Gasteiger partial charge in [0.1, 0.15) is 0 Å². The van der Waals surface area contributed by atoms with Gasteiger partial charge in [0.2, 0.25) is 0 Å². The zero-order chi connectivity index (χ0) is 16.3. The van der Waals surface area contributed by atoms with Crippen molar-refractivity contribution in [1.29, 1.82) is 0 Å². The number of carbonyl (C=O) groups is 1. The Morgan fingerprint density at radius 2 is 2.05 bits per heavy atom. The number of thioether (sulfide) groups is 1. The minimum Gasteiger partial charge on any atom is -0.382 e. The van der Waals surface area contributed by atoms with Gasteiger partial charge in [-0.15, -0.1) is 0 Å². The molecule has 0 saturated carbocycles. The lowest BCUT2D eigenvalue weighted by atomic mass is 9.97. The third-order valence-electron chi connectivity index (χ3n) is 3.55. The molecular weight excluding hydrogens is 311 g/mol. The molecule has 6 heteroatoms. The SMILES string of the molecule is CCCCC1SC(NC)=C(c2cccc(C(F)(F)F)c2)C1=O. The van der Waals surface area contributed by atoms with Crippen molar-refractivity contribution in [2.24, 2.45) is 0 Å². The first-order chi connectivity index (χ1) is 10.4. The Morgan fingerprint density at radius 3 is 2.64 bits per heavy atom. The van der Waals surface area contributed by atoms with Gasteiger partial charge in [-0.3, -0.25) is 4.79 Å². The third kappa shape index (κ3) is 3.48. The Bertz CT molecular complexity index is 595. The summed E-state index contributed by atoms with van der Waals surface area (Å²) in [6, 6.07) is 4.97. The van der Waals surface area contributed by atoms with Gasteiger partial charge in [-0.1, -0.05) is 43.7 Å². The van der Waals surface area contributed by atoms with Crippen molar-refractivity contribution in [3.8, 4) is 0 Å². The Labute approximate surface area is 132 Å². The highest BCUT2D eigenvalue weighted by molar-refractivity contribution is 8.05. The van der Waals surface area contributed by atoms with E-state index in [9.17, 15) is 18.0 Å². The number of benzene rings is 1. The Morgan fingerprint density at radius 1 is 1.32 bits per heavy atom. The number of rotatable bonds is 5. The molecule has 0 spiro atoms. The number of allylic oxidation sites excluding steroid dienone is 1. The number of ketones is 1. The smallest absolute Gasteiger partial charge is 0.382 e. The summed E-state index contributed by atoms with van der Waals surface area (Å²) in [5, 5.41) is 3.40. The van der Waals surface area contributed by atoms with Crippen molar-refractivity contribution >= 4 is 23.1 Å². The van der Waals surface area contributed by atoms with E-state index in [4.69, 9.17) is 0 Å². The van der Waals surface area contributed by atoms with E-state index in [1.54, 1.807) is 13.1 Å². The van der Waals surface area contributed by atoms with E-state index < -0.39 is 11.7 Å². The summed E-state index contributed by atoms with van der Waals surface area (Å²) < 4.78 is 38.6. The normalized spacial score (nSPS) is 19.0. The van der Waals surface area contributed by atoms with Gasteiger partial charge >= 0.3 is 6.18 Å². The number of Topliss-reactive ketones (excluding diaryl/α,β-unsaturated/α-hetero) is 1. The minimum absolute atomic E-state index is 0.0814. The van der Waals surface area contributed by atoms with E-state index in [1.807, 2.05) is 6.92 Å². The van der Waals surface area contributed by atoms with Crippen LogP contribution in [0.3, 0.4) is 0 Å². The molecule has 1 aliphatic heterocycles. The molecule has 2 rings (SSSR count). The molecule has 0 amide bonds. The summed E-state index contributed by atoms with van der Waals surface area (Å²) >= 11 is 1.41. The van der Waals surface area contributed by atoms with E-state index in [0.29, 0.717) is 16.2 Å². The maximum Gasteiger partial charge on any atom is 0.416 e. The fraction of sp³-hybridized carbons (Fsp3) is 0.438. The van der Waals surface area contributed by atoms with Crippen molar-refractivity contribution in [1.82, 2.24) is 5.32 Å². The molecule has 0 saturated heterocycles. The van der Waals surface area contributed by atoms with E-state index >= 15 is 0 Å². The Hall–Kier alpha value is -1.43. The summed E-state index contributed by atoms with van der Waals surface area (Å²) in [6.45, 7) is 2.05. The number of carbonyl (C=O) groups excluding carboxylic acids is 1. The molecule has 2 nitrogen and oxygen atoms in total. The number of hydrogen-bond donors (Lipinski definition) is 1. The van der Waals surface area contributed by atoms with Crippen LogP contribution in [0.4, 0.5) is 13.2 Å². The number of halogens is 3. The van der Waals surface area contributed by atoms with Crippen LogP contribution in [0.5, 0.6) is 0 Å². The average molecular weight is 329 g/mol.